The van der Waals surface area contributed by atoms with Crippen molar-refractivity contribution in [1.82, 2.24) is 0 Å². The first-order valence-corrected chi connectivity index (χ1v) is 17.9. The van der Waals surface area contributed by atoms with Gasteiger partial charge in [-0.25, -0.2) is 0 Å². The van der Waals surface area contributed by atoms with Crippen LogP contribution in [0.3, 0.4) is 0 Å². The molecule has 0 saturated heterocycles. The van der Waals surface area contributed by atoms with Gasteiger partial charge in [0.15, 0.2) is 0 Å². The van der Waals surface area contributed by atoms with E-state index >= 15 is 0 Å². The quantitative estimate of drug-likeness (QED) is 0.200. The van der Waals surface area contributed by atoms with E-state index in [9.17, 15) is 0 Å². The van der Waals surface area contributed by atoms with Gasteiger partial charge in [0.2, 0.25) is 0 Å². The second-order valence-electron chi connectivity index (χ2n) is 15.2. The molecule has 0 aliphatic heterocycles. The van der Waals surface area contributed by atoms with Crippen molar-refractivity contribution in [3.8, 4) is 0 Å². The lowest BCUT2D eigenvalue weighted by molar-refractivity contribution is -0.00518. The van der Waals surface area contributed by atoms with Crippen LogP contribution in [-0.2, 0) is 5.41 Å². The Bertz CT molecular complexity index is 1790. The molecule has 11 rings (SSSR count). The monoisotopic (exact) mass is 579 g/mol. The smallest absolute Gasteiger partial charge is 0.0468 e. The van der Waals surface area contributed by atoms with Crippen molar-refractivity contribution >= 4 is 48.6 Å². The molecule has 1 aromatic heterocycles. The molecule has 0 spiro atoms. The zero-order valence-corrected chi connectivity index (χ0v) is 25.9. The molecule has 5 aromatic rings. The number of hydrogen-bond donors (Lipinski definition) is 0. The summed E-state index contributed by atoms with van der Waals surface area (Å²) >= 11 is 1.91. The first-order valence-electron chi connectivity index (χ1n) is 17.1. The minimum absolute atomic E-state index is 0.439. The van der Waals surface area contributed by atoms with Gasteiger partial charge in [-0.3, -0.25) is 0 Å². The van der Waals surface area contributed by atoms with Crippen LogP contribution < -0.4 is 4.90 Å². The molecule has 6 fully saturated rings. The van der Waals surface area contributed by atoms with Crippen LogP contribution in [0.25, 0.3) is 20.2 Å². The van der Waals surface area contributed by atoms with Crippen LogP contribution in [0, 0.1) is 29.6 Å². The molecule has 3 atom stereocenters. The van der Waals surface area contributed by atoms with Crippen LogP contribution in [0.4, 0.5) is 17.1 Å². The highest BCUT2D eigenvalue weighted by Crippen LogP contribution is 2.61. The van der Waals surface area contributed by atoms with Gasteiger partial charge in [0.05, 0.1) is 0 Å². The van der Waals surface area contributed by atoms with Crippen molar-refractivity contribution in [3.63, 3.8) is 0 Å². The maximum absolute atomic E-state index is 2.51. The zero-order valence-electron chi connectivity index (χ0n) is 25.1. The third-order valence-corrected chi connectivity index (χ3v) is 13.9. The Labute approximate surface area is 259 Å². The van der Waals surface area contributed by atoms with Gasteiger partial charge in [-0.2, -0.15) is 0 Å². The number of benzene rings is 4. The van der Waals surface area contributed by atoms with Crippen LogP contribution in [-0.4, -0.2) is 0 Å². The van der Waals surface area contributed by atoms with E-state index in [0.29, 0.717) is 5.41 Å². The molecule has 43 heavy (non-hydrogen) atoms. The van der Waals surface area contributed by atoms with Gasteiger partial charge in [-0.05, 0) is 158 Å². The molecule has 6 bridgehead atoms. The number of anilines is 3. The highest BCUT2D eigenvalue weighted by molar-refractivity contribution is 7.25. The van der Waals surface area contributed by atoms with Crippen molar-refractivity contribution < 1.29 is 0 Å². The van der Waals surface area contributed by atoms with Crippen molar-refractivity contribution in [2.45, 2.75) is 75.5 Å². The van der Waals surface area contributed by atoms with E-state index in [1.807, 2.05) is 11.3 Å². The average molecular weight is 580 g/mol. The lowest BCUT2D eigenvalue weighted by Crippen LogP contribution is -2.48. The summed E-state index contributed by atoms with van der Waals surface area (Å²) in [5.74, 6) is 5.59. The Morgan fingerprint density at radius 2 is 1.21 bits per heavy atom. The first kappa shape index (κ1) is 25.2. The van der Waals surface area contributed by atoms with Gasteiger partial charge >= 0.3 is 0 Å². The van der Waals surface area contributed by atoms with Gasteiger partial charge < -0.3 is 4.90 Å². The zero-order chi connectivity index (χ0) is 28.1. The second-order valence-corrected chi connectivity index (χ2v) is 16.3. The first-order chi connectivity index (χ1) is 21.2. The van der Waals surface area contributed by atoms with Crippen molar-refractivity contribution in [1.29, 1.82) is 0 Å². The minimum Gasteiger partial charge on any atom is -0.310 e. The van der Waals surface area contributed by atoms with Gasteiger partial charge in [0.25, 0.3) is 0 Å². The highest BCUT2D eigenvalue weighted by atomic mass is 32.1. The summed E-state index contributed by atoms with van der Waals surface area (Å²) in [5.41, 5.74) is 7.42. The van der Waals surface area contributed by atoms with Crippen LogP contribution in [0.1, 0.15) is 81.3 Å². The lowest BCUT2D eigenvalue weighted by Gasteiger charge is -2.57. The fourth-order valence-corrected chi connectivity index (χ4v) is 12.3. The summed E-state index contributed by atoms with van der Waals surface area (Å²) in [4.78, 5) is 2.51. The largest absolute Gasteiger partial charge is 0.310 e. The SMILES string of the molecule is c1ccc2c(c1)sc1ccc(N(c3ccc(C4CC5CCC4C5)cc3)c3ccc(C45CC6CC(CC(C6)C4)C5)cc3)cc12. The molecule has 6 aliphatic carbocycles. The van der Waals surface area contributed by atoms with Gasteiger partial charge in [-0.15, -0.1) is 11.3 Å². The summed E-state index contributed by atoms with van der Waals surface area (Å²) in [5, 5.41) is 2.74. The molecule has 0 radical (unpaired) electrons. The molecular formula is C41H41NS. The number of hydrogen-bond acceptors (Lipinski definition) is 2. The molecule has 4 aromatic carbocycles. The molecular weight excluding hydrogens is 539 g/mol. The lowest BCUT2D eigenvalue weighted by atomic mass is 9.48. The third kappa shape index (κ3) is 4.01. The second kappa shape index (κ2) is 9.45. The molecule has 1 heterocycles. The minimum atomic E-state index is 0.439. The summed E-state index contributed by atoms with van der Waals surface area (Å²) in [6.45, 7) is 0. The van der Waals surface area contributed by atoms with Crippen molar-refractivity contribution in [2.24, 2.45) is 29.6 Å². The van der Waals surface area contributed by atoms with Crippen LogP contribution in [0.15, 0.2) is 91.0 Å². The molecule has 6 aliphatic rings. The summed E-state index contributed by atoms with van der Waals surface area (Å²) in [7, 11) is 0. The maximum Gasteiger partial charge on any atom is 0.0468 e. The van der Waals surface area contributed by atoms with Gasteiger partial charge in [0.1, 0.15) is 0 Å². The highest BCUT2D eigenvalue weighted by Gasteiger charge is 2.51. The Morgan fingerprint density at radius 1 is 0.558 bits per heavy atom. The standard InChI is InChI=1S/C41H41NS/c1-2-4-39-36(3-1)38-22-35(15-16-40(38)43-39)42(33-11-7-30(8-12-33)37-21-26-5-6-31(37)20-26)34-13-9-32(10-14-34)41-23-27-17-28(24-41)19-29(18-27)25-41/h1-4,7-16,22,26-29,31,37H,5-6,17-21,23-25H2. The van der Waals surface area contributed by atoms with E-state index in [2.05, 4.69) is 95.9 Å². The average Bonchev–Trinajstić information content (AvgIpc) is 3.76. The predicted octanol–water partition coefficient (Wildman–Crippen LogP) is 11.9. The van der Waals surface area contributed by atoms with E-state index in [0.717, 1.165) is 35.5 Å². The number of nitrogens with zero attached hydrogens (tertiary/aromatic N) is 1. The normalized spacial score (nSPS) is 32.3. The van der Waals surface area contributed by atoms with Crippen molar-refractivity contribution in [3.05, 3.63) is 102 Å². The van der Waals surface area contributed by atoms with E-state index in [1.54, 1.807) is 11.1 Å². The van der Waals surface area contributed by atoms with Crippen LogP contribution in [0.2, 0.25) is 0 Å². The topological polar surface area (TPSA) is 3.24 Å². The predicted molar refractivity (Wildman–Crippen MR) is 182 cm³/mol. The summed E-state index contributed by atoms with van der Waals surface area (Å²) in [6.07, 6.45) is 14.6. The summed E-state index contributed by atoms with van der Waals surface area (Å²) < 4.78 is 2.74. The molecule has 0 N–H and O–H groups in total. The van der Waals surface area contributed by atoms with E-state index in [4.69, 9.17) is 0 Å². The van der Waals surface area contributed by atoms with E-state index < -0.39 is 0 Å². The molecule has 6 saturated carbocycles. The fraction of sp³-hybridized carbons (Fsp3) is 0.415. The van der Waals surface area contributed by atoms with Gasteiger partial charge in [0, 0.05) is 37.2 Å². The Balaban J connectivity index is 1.05. The van der Waals surface area contributed by atoms with Crippen LogP contribution in [0.5, 0.6) is 0 Å². The van der Waals surface area contributed by atoms with Crippen molar-refractivity contribution in [2.75, 3.05) is 4.90 Å². The number of fused-ring (bicyclic) bond motifs is 5. The van der Waals surface area contributed by atoms with E-state index in [1.165, 1.54) is 101 Å². The Kier molecular flexibility index (Phi) is 5.55. The number of thiophene rings is 1. The fourth-order valence-electron chi connectivity index (χ4n) is 11.3. The molecule has 2 heteroatoms. The summed E-state index contributed by atoms with van der Waals surface area (Å²) in [6, 6.07) is 35.6. The number of rotatable bonds is 5. The van der Waals surface area contributed by atoms with Gasteiger partial charge in [-0.1, -0.05) is 48.9 Å². The third-order valence-electron chi connectivity index (χ3n) is 12.7. The molecule has 0 amide bonds. The Hall–Kier alpha value is -3.10. The Morgan fingerprint density at radius 3 is 1.88 bits per heavy atom. The maximum atomic E-state index is 2.51. The molecule has 3 unspecified atom stereocenters. The van der Waals surface area contributed by atoms with Crippen LogP contribution >= 0.6 is 11.3 Å². The van der Waals surface area contributed by atoms with E-state index in [-0.39, 0.29) is 0 Å². The molecule has 216 valence electrons. The molecule has 1 nitrogen and oxygen atoms in total.